The summed E-state index contributed by atoms with van der Waals surface area (Å²) in [5, 5.41) is 6.29. The first-order chi connectivity index (χ1) is 10.3. The van der Waals surface area contributed by atoms with Gasteiger partial charge in [-0.15, -0.1) is 0 Å². The number of aliphatic imine (C=N–C) groups is 1. The molecule has 4 N–H and O–H groups in total. The van der Waals surface area contributed by atoms with Crippen LogP contribution in [0.15, 0.2) is 17.0 Å². The second-order valence-corrected chi connectivity index (χ2v) is 5.49. The summed E-state index contributed by atoms with van der Waals surface area (Å²) in [6, 6.07) is 0. The fourth-order valence-corrected chi connectivity index (χ4v) is 2.16. The smallest absolute Gasteiger partial charge is 0.176 e. The van der Waals surface area contributed by atoms with E-state index in [1.165, 1.54) is 32.1 Å². The maximum atomic E-state index is 5.83. The monoisotopic (exact) mass is 296 g/mol. The van der Waals surface area contributed by atoms with Gasteiger partial charge in [-0.25, -0.2) is 4.99 Å². The molecule has 0 amide bonds. The van der Waals surface area contributed by atoms with Gasteiger partial charge in [-0.3, -0.25) is 5.73 Å². The quantitative estimate of drug-likeness (QED) is 0.513. The van der Waals surface area contributed by atoms with E-state index in [4.69, 9.17) is 10.5 Å². The van der Waals surface area contributed by atoms with Crippen molar-refractivity contribution < 1.29 is 4.74 Å². The molecule has 0 spiro atoms. The normalized spacial score (nSPS) is 17.8. The standard InChI is InChI=1S/C16H32N4O/c1-3-5-7-8-9-10-12-21-14-13-19-16(17)20-15(14)18-11-6-4-2/h13,16,19H,3-12,17H2,1-2H3,(H,18,20). The molecule has 0 aliphatic carbocycles. The Labute approximate surface area is 129 Å². The summed E-state index contributed by atoms with van der Waals surface area (Å²) >= 11 is 0. The first kappa shape index (κ1) is 17.8. The highest BCUT2D eigenvalue weighted by molar-refractivity contribution is 5.97. The number of nitrogens with one attached hydrogen (secondary N) is 2. The number of nitrogens with zero attached hydrogens (tertiary/aromatic N) is 1. The van der Waals surface area contributed by atoms with E-state index in [0.29, 0.717) is 0 Å². The van der Waals surface area contributed by atoms with Crippen LogP contribution in [0.2, 0.25) is 0 Å². The number of hydrogen-bond donors (Lipinski definition) is 3. The predicted molar refractivity (Wildman–Crippen MR) is 88.9 cm³/mol. The van der Waals surface area contributed by atoms with Gasteiger partial charge < -0.3 is 15.4 Å². The van der Waals surface area contributed by atoms with Gasteiger partial charge in [-0.2, -0.15) is 0 Å². The van der Waals surface area contributed by atoms with Gasteiger partial charge in [0, 0.05) is 12.7 Å². The Morgan fingerprint density at radius 1 is 1.14 bits per heavy atom. The third-order valence-corrected chi connectivity index (χ3v) is 3.46. The van der Waals surface area contributed by atoms with Crippen LogP contribution in [0.25, 0.3) is 0 Å². The van der Waals surface area contributed by atoms with Gasteiger partial charge in [-0.1, -0.05) is 52.4 Å². The molecule has 1 aliphatic heterocycles. The molecule has 5 nitrogen and oxygen atoms in total. The molecule has 0 bridgehead atoms. The zero-order valence-corrected chi connectivity index (χ0v) is 13.7. The summed E-state index contributed by atoms with van der Waals surface area (Å²) in [5.41, 5.74) is 5.78. The van der Waals surface area contributed by atoms with E-state index in [1.54, 1.807) is 0 Å². The molecule has 0 aromatic heterocycles. The molecule has 1 rings (SSSR count). The molecule has 0 saturated carbocycles. The maximum absolute atomic E-state index is 5.83. The fraction of sp³-hybridized carbons (Fsp3) is 0.812. The van der Waals surface area contributed by atoms with Gasteiger partial charge >= 0.3 is 0 Å². The summed E-state index contributed by atoms with van der Waals surface area (Å²) in [7, 11) is 0. The lowest BCUT2D eigenvalue weighted by Crippen LogP contribution is -2.41. The maximum Gasteiger partial charge on any atom is 0.176 e. The van der Waals surface area contributed by atoms with E-state index in [1.807, 2.05) is 6.20 Å². The van der Waals surface area contributed by atoms with Gasteiger partial charge in [0.2, 0.25) is 0 Å². The lowest BCUT2D eigenvalue weighted by molar-refractivity contribution is 0.217. The number of amidine groups is 1. The summed E-state index contributed by atoms with van der Waals surface area (Å²) in [6.07, 6.45) is 11.3. The first-order valence-corrected chi connectivity index (χ1v) is 8.44. The second kappa shape index (κ2) is 11.4. The van der Waals surface area contributed by atoms with Crippen molar-refractivity contribution in [1.82, 2.24) is 10.6 Å². The van der Waals surface area contributed by atoms with E-state index in [2.05, 4.69) is 29.5 Å². The number of hydrogen-bond acceptors (Lipinski definition) is 5. The molecule has 5 heteroatoms. The molecule has 0 fully saturated rings. The molecule has 1 aliphatic rings. The predicted octanol–water partition coefficient (Wildman–Crippen LogP) is 2.84. The van der Waals surface area contributed by atoms with Gasteiger partial charge in [0.25, 0.3) is 0 Å². The summed E-state index contributed by atoms with van der Waals surface area (Å²) in [5.74, 6) is 1.56. The minimum absolute atomic E-state index is 0.379. The molecule has 1 unspecified atom stereocenters. The Balaban J connectivity index is 2.23. The van der Waals surface area contributed by atoms with E-state index >= 15 is 0 Å². The number of rotatable bonds is 11. The van der Waals surface area contributed by atoms with E-state index in [-0.39, 0.29) is 6.29 Å². The molecule has 0 aromatic rings. The SMILES string of the molecule is CCCCCCCCOC1=CNC(N)N=C1NCCCC. The third-order valence-electron chi connectivity index (χ3n) is 3.46. The van der Waals surface area contributed by atoms with E-state index in [9.17, 15) is 0 Å². The van der Waals surface area contributed by atoms with Crippen LogP contribution in [-0.2, 0) is 4.74 Å². The minimum Gasteiger partial charge on any atom is -0.488 e. The molecule has 21 heavy (non-hydrogen) atoms. The van der Waals surface area contributed by atoms with Crippen molar-refractivity contribution in [2.24, 2.45) is 10.7 Å². The van der Waals surface area contributed by atoms with Crippen LogP contribution in [0.5, 0.6) is 0 Å². The molecule has 0 saturated heterocycles. The largest absolute Gasteiger partial charge is 0.488 e. The summed E-state index contributed by atoms with van der Waals surface area (Å²) in [4.78, 5) is 4.35. The van der Waals surface area contributed by atoms with Crippen molar-refractivity contribution in [3.05, 3.63) is 12.0 Å². The van der Waals surface area contributed by atoms with Gasteiger partial charge in [0.1, 0.15) is 0 Å². The van der Waals surface area contributed by atoms with E-state index < -0.39 is 0 Å². The van der Waals surface area contributed by atoms with Gasteiger partial charge in [0.15, 0.2) is 17.9 Å². The molecule has 122 valence electrons. The van der Waals surface area contributed by atoms with Crippen molar-refractivity contribution in [3.63, 3.8) is 0 Å². The van der Waals surface area contributed by atoms with Crippen LogP contribution in [0.4, 0.5) is 0 Å². The fourth-order valence-electron chi connectivity index (χ4n) is 2.16. The van der Waals surface area contributed by atoms with Crippen LogP contribution in [-0.4, -0.2) is 25.3 Å². The molecular weight excluding hydrogens is 264 g/mol. The minimum atomic E-state index is -0.379. The highest BCUT2D eigenvalue weighted by atomic mass is 16.5. The number of unbranched alkanes of at least 4 members (excludes halogenated alkanes) is 6. The summed E-state index contributed by atoms with van der Waals surface area (Å²) < 4.78 is 5.83. The molecule has 1 atom stereocenters. The lowest BCUT2D eigenvalue weighted by atomic mass is 10.1. The van der Waals surface area contributed by atoms with Crippen molar-refractivity contribution >= 4 is 5.84 Å². The Kier molecular flexibility index (Phi) is 9.70. The van der Waals surface area contributed by atoms with Crippen molar-refractivity contribution in [2.45, 2.75) is 71.5 Å². The second-order valence-electron chi connectivity index (χ2n) is 5.49. The zero-order valence-electron chi connectivity index (χ0n) is 13.7. The Morgan fingerprint density at radius 2 is 1.86 bits per heavy atom. The van der Waals surface area contributed by atoms with E-state index in [0.717, 1.165) is 44.0 Å². The molecular formula is C16H32N4O. The first-order valence-electron chi connectivity index (χ1n) is 8.44. The number of nitrogens with two attached hydrogens (primary N) is 1. The summed E-state index contributed by atoms with van der Waals surface area (Å²) in [6.45, 7) is 6.05. The average Bonchev–Trinajstić information content (AvgIpc) is 2.48. The van der Waals surface area contributed by atoms with Crippen LogP contribution in [0, 0.1) is 0 Å². The molecule has 0 radical (unpaired) electrons. The van der Waals surface area contributed by atoms with Crippen molar-refractivity contribution in [1.29, 1.82) is 0 Å². The van der Waals surface area contributed by atoms with Crippen LogP contribution >= 0.6 is 0 Å². The molecule has 0 aromatic carbocycles. The van der Waals surface area contributed by atoms with Crippen LogP contribution < -0.4 is 16.4 Å². The Hall–Kier alpha value is -1.23. The van der Waals surface area contributed by atoms with Crippen LogP contribution in [0.1, 0.15) is 65.2 Å². The highest BCUT2D eigenvalue weighted by Gasteiger charge is 2.15. The topological polar surface area (TPSA) is 71.7 Å². The third kappa shape index (κ3) is 7.95. The Morgan fingerprint density at radius 3 is 2.62 bits per heavy atom. The number of ether oxygens (including phenoxy) is 1. The van der Waals surface area contributed by atoms with Gasteiger partial charge in [0.05, 0.1) is 6.61 Å². The van der Waals surface area contributed by atoms with Crippen molar-refractivity contribution in [3.8, 4) is 0 Å². The highest BCUT2D eigenvalue weighted by Crippen LogP contribution is 2.08. The Bertz CT molecular complexity index is 328. The van der Waals surface area contributed by atoms with Crippen molar-refractivity contribution in [2.75, 3.05) is 13.2 Å². The average molecular weight is 296 g/mol. The van der Waals surface area contributed by atoms with Gasteiger partial charge in [-0.05, 0) is 12.8 Å². The molecule has 1 heterocycles. The zero-order chi connectivity index (χ0) is 15.3. The lowest BCUT2D eigenvalue weighted by Gasteiger charge is -2.21. The van der Waals surface area contributed by atoms with Crippen LogP contribution in [0.3, 0.4) is 0 Å².